The Balaban J connectivity index is 2.48. The zero-order chi connectivity index (χ0) is 15.7. The van der Waals surface area contributed by atoms with Crippen LogP contribution >= 0.6 is 11.3 Å². The summed E-state index contributed by atoms with van der Waals surface area (Å²) >= 11 is 1.46. The lowest BCUT2D eigenvalue weighted by molar-refractivity contribution is 0.0699. The lowest BCUT2D eigenvalue weighted by atomic mass is 10.3. The van der Waals surface area contributed by atoms with E-state index >= 15 is 0 Å². The first-order valence-corrected chi connectivity index (χ1v) is 9.17. The van der Waals surface area contributed by atoms with Crippen LogP contribution in [0.25, 0.3) is 0 Å². The average molecular weight is 336 g/mol. The smallest absolute Gasteiger partial charge is 0.241 e. The second-order valence-electron chi connectivity index (χ2n) is 4.56. The molecule has 0 aliphatic carbocycles. The van der Waals surface area contributed by atoms with Crippen molar-refractivity contribution in [3.05, 3.63) is 15.8 Å². The molecule has 1 aromatic heterocycles. The molecule has 1 heterocycles. The fourth-order valence-corrected chi connectivity index (χ4v) is 4.72. The number of hydrogen-bond donors (Lipinski definition) is 2. The minimum atomic E-state index is -3.46. The van der Waals surface area contributed by atoms with Crippen LogP contribution in [0.2, 0.25) is 0 Å². The number of sulfonamides is 1. The van der Waals surface area contributed by atoms with Crippen LogP contribution in [0, 0.1) is 6.92 Å². The molecular weight excluding hydrogens is 312 g/mol. The maximum atomic E-state index is 12.4. The zero-order valence-corrected chi connectivity index (χ0v) is 14.4. The van der Waals surface area contributed by atoms with E-state index in [2.05, 4.69) is 10.0 Å². The molecule has 2 N–H and O–H groups in total. The molecule has 122 valence electrons. The van der Waals surface area contributed by atoms with Crippen LogP contribution in [0.3, 0.4) is 0 Å². The highest BCUT2D eigenvalue weighted by molar-refractivity contribution is 7.89. The molecule has 1 aromatic rings. The Morgan fingerprint density at radius 2 is 2.05 bits per heavy atom. The van der Waals surface area contributed by atoms with Gasteiger partial charge in [-0.1, -0.05) is 0 Å². The number of rotatable bonds is 11. The molecule has 0 aromatic carbocycles. The van der Waals surface area contributed by atoms with E-state index in [-0.39, 0.29) is 0 Å². The van der Waals surface area contributed by atoms with Gasteiger partial charge in [-0.3, -0.25) is 0 Å². The standard InChI is InChI=1S/C13H24N2O4S2/c1-11-10-20-12(9-14-2)13(11)21(16,17)15-5-4-6-19-8-7-18-3/h10,14-15H,4-9H2,1-3H3. The van der Waals surface area contributed by atoms with E-state index < -0.39 is 10.0 Å². The summed E-state index contributed by atoms with van der Waals surface area (Å²) in [5.74, 6) is 0. The van der Waals surface area contributed by atoms with Crippen LogP contribution in [-0.4, -0.2) is 48.9 Å². The van der Waals surface area contributed by atoms with Crippen LogP contribution in [-0.2, 0) is 26.0 Å². The quantitative estimate of drug-likeness (QED) is 0.592. The molecule has 0 saturated heterocycles. The van der Waals surface area contributed by atoms with Crippen molar-refractivity contribution < 1.29 is 17.9 Å². The highest BCUT2D eigenvalue weighted by Crippen LogP contribution is 2.26. The monoisotopic (exact) mass is 336 g/mol. The number of methoxy groups -OCH3 is 1. The van der Waals surface area contributed by atoms with Gasteiger partial charge in [0.05, 0.1) is 13.2 Å². The summed E-state index contributed by atoms with van der Waals surface area (Å²) < 4.78 is 37.5. The molecule has 21 heavy (non-hydrogen) atoms. The van der Waals surface area contributed by atoms with Crippen molar-refractivity contribution in [1.29, 1.82) is 0 Å². The molecule has 0 fully saturated rings. The lowest BCUT2D eigenvalue weighted by Crippen LogP contribution is -2.27. The van der Waals surface area contributed by atoms with Crippen LogP contribution < -0.4 is 10.0 Å². The first kappa shape index (κ1) is 18.5. The molecule has 0 aliphatic heterocycles. The van der Waals surface area contributed by atoms with Gasteiger partial charge >= 0.3 is 0 Å². The second-order valence-corrected chi connectivity index (χ2v) is 7.23. The first-order valence-electron chi connectivity index (χ1n) is 6.81. The van der Waals surface area contributed by atoms with Gasteiger partial charge in [-0.2, -0.15) is 0 Å². The topological polar surface area (TPSA) is 76.7 Å². The van der Waals surface area contributed by atoms with Crippen molar-refractivity contribution >= 4 is 21.4 Å². The van der Waals surface area contributed by atoms with Crippen molar-refractivity contribution in [2.75, 3.05) is 40.5 Å². The SMILES string of the molecule is CNCc1scc(C)c1S(=O)(=O)NCCCOCCOC. The van der Waals surface area contributed by atoms with E-state index in [1.807, 2.05) is 12.3 Å². The predicted molar refractivity (Wildman–Crippen MR) is 84.3 cm³/mol. The van der Waals surface area contributed by atoms with Crippen LogP contribution in [0.15, 0.2) is 10.3 Å². The van der Waals surface area contributed by atoms with Gasteiger partial charge in [-0.15, -0.1) is 11.3 Å². The van der Waals surface area contributed by atoms with Crippen LogP contribution in [0.1, 0.15) is 16.9 Å². The number of ether oxygens (including phenoxy) is 2. The number of thiophene rings is 1. The Kier molecular flexibility index (Phi) is 8.38. The van der Waals surface area contributed by atoms with Gasteiger partial charge in [-0.25, -0.2) is 13.1 Å². The molecule has 6 nitrogen and oxygen atoms in total. The largest absolute Gasteiger partial charge is 0.382 e. The minimum Gasteiger partial charge on any atom is -0.382 e. The van der Waals surface area contributed by atoms with E-state index in [9.17, 15) is 8.42 Å². The third kappa shape index (κ3) is 6.01. The number of nitrogens with one attached hydrogen (secondary N) is 2. The van der Waals surface area contributed by atoms with Crippen LogP contribution in [0.5, 0.6) is 0 Å². The maximum Gasteiger partial charge on any atom is 0.241 e. The Morgan fingerprint density at radius 3 is 2.71 bits per heavy atom. The molecule has 0 radical (unpaired) electrons. The molecular formula is C13H24N2O4S2. The van der Waals surface area contributed by atoms with Gasteiger partial charge < -0.3 is 14.8 Å². The Bertz CT molecular complexity index is 514. The van der Waals surface area contributed by atoms with Gasteiger partial charge in [0.25, 0.3) is 0 Å². The second kappa shape index (κ2) is 9.50. The molecule has 0 spiro atoms. The molecule has 1 rings (SSSR count). The van der Waals surface area contributed by atoms with Gasteiger partial charge in [0.2, 0.25) is 10.0 Å². The molecule has 0 amide bonds. The highest BCUT2D eigenvalue weighted by Gasteiger charge is 2.22. The van der Waals surface area contributed by atoms with Gasteiger partial charge in [0, 0.05) is 31.7 Å². The molecule has 0 atom stereocenters. The summed E-state index contributed by atoms with van der Waals surface area (Å²) in [5, 5.41) is 4.86. The molecule has 8 heteroatoms. The Hall–Kier alpha value is -0.510. The fraction of sp³-hybridized carbons (Fsp3) is 0.692. The van der Waals surface area contributed by atoms with Crippen molar-refractivity contribution in [1.82, 2.24) is 10.0 Å². The third-order valence-corrected chi connectivity index (χ3v) is 5.71. The minimum absolute atomic E-state index is 0.365. The summed E-state index contributed by atoms with van der Waals surface area (Å²) in [4.78, 5) is 1.24. The van der Waals surface area contributed by atoms with E-state index in [0.29, 0.717) is 44.2 Å². The third-order valence-electron chi connectivity index (χ3n) is 2.78. The Morgan fingerprint density at radius 1 is 1.29 bits per heavy atom. The Labute approximate surface area is 130 Å². The number of aryl methyl sites for hydroxylation is 1. The summed E-state index contributed by atoms with van der Waals surface area (Å²) in [6.45, 7) is 4.32. The molecule has 0 aliphatic rings. The van der Waals surface area contributed by atoms with E-state index in [1.165, 1.54) is 11.3 Å². The summed E-state index contributed by atoms with van der Waals surface area (Å²) in [7, 11) is -0.0414. The summed E-state index contributed by atoms with van der Waals surface area (Å²) in [5.41, 5.74) is 0.786. The van der Waals surface area contributed by atoms with Crippen molar-refractivity contribution in [2.24, 2.45) is 0 Å². The average Bonchev–Trinajstić information content (AvgIpc) is 2.80. The lowest BCUT2D eigenvalue weighted by Gasteiger charge is -2.09. The first-order chi connectivity index (χ1) is 10.0. The van der Waals surface area contributed by atoms with E-state index in [1.54, 1.807) is 14.2 Å². The summed E-state index contributed by atoms with van der Waals surface area (Å²) in [6.07, 6.45) is 0.632. The van der Waals surface area contributed by atoms with Crippen LogP contribution in [0.4, 0.5) is 0 Å². The predicted octanol–water partition coefficient (Wildman–Crippen LogP) is 1.11. The van der Waals surface area contributed by atoms with Gasteiger partial charge in [-0.05, 0) is 31.3 Å². The summed E-state index contributed by atoms with van der Waals surface area (Å²) in [6, 6.07) is 0. The van der Waals surface area contributed by atoms with Gasteiger partial charge in [0.15, 0.2) is 0 Å². The molecule has 0 unspecified atom stereocenters. The zero-order valence-electron chi connectivity index (χ0n) is 12.8. The van der Waals surface area contributed by atoms with Crippen molar-refractivity contribution in [2.45, 2.75) is 24.8 Å². The van der Waals surface area contributed by atoms with Crippen molar-refractivity contribution in [3.8, 4) is 0 Å². The maximum absolute atomic E-state index is 12.4. The van der Waals surface area contributed by atoms with Crippen molar-refractivity contribution in [3.63, 3.8) is 0 Å². The molecule has 0 bridgehead atoms. The van der Waals surface area contributed by atoms with E-state index in [4.69, 9.17) is 9.47 Å². The normalized spacial score (nSPS) is 12.0. The highest BCUT2D eigenvalue weighted by atomic mass is 32.2. The van der Waals surface area contributed by atoms with Gasteiger partial charge in [0.1, 0.15) is 4.90 Å². The number of hydrogen-bond acceptors (Lipinski definition) is 6. The molecule has 0 saturated carbocycles. The van der Waals surface area contributed by atoms with E-state index in [0.717, 1.165) is 10.4 Å². The fourth-order valence-electron chi connectivity index (χ4n) is 1.83.